The zero-order chi connectivity index (χ0) is 10.9. The number of phenols is 1. The number of benzene rings is 1. The van der Waals surface area contributed by atoms with E-state index in [0.29, 0.717) is 13.0 Å². The predicted molar refractivity (Wildman–Crippen MR) is 58.9 cm³/mol. The van der Waals surface area contributed by atoms with E-state index in [1.807, 2.05) is 19.2 Å². The van der Waals surface area contributed by atoms with Gasteiger partial charge < -0.3 is 15.1 Å². The third-order valence-electron chi connectivity index (χ3n) is 2.97. The Morgan fingerprint density at radius 2 is 2.27 bits per heavy atom. The average molecular weight is 207 g/mol. The molecule has 15 heavy (non-hydrogen) atoms. The van der Waals surface area contributed by atoms with Crippen LogP contribution < -0.4 is 0 Å². The number of likely N-dealkylation sites (N-methyl/N-ethyl adjacent to an activating group) is 1. The molecule has 1 fully saturated rings. The van der Waals surface area contributed by atoms with Crippen LogP contribution in [0.4, 0.5) is 0 Å². The van der Waals surface area contributed by atoms with Crippen LogP contribution in [-0.2, 0) is 6.42 Å². The molecular formula is C12H17NO2. The molecule has 1 atom stereocenters. The maximum Gasteiger partial charge on any atom is 0.115 e. The minimum atomic E-state index is -0.622. The lowest BCUT2D eigenvalue weighted by Gasteiger charge is -2.22. The number of hydrogen-bond donors (Lipinski definition) is 2. The van der Waals surface area contributed by atoms with E-state index >= 15 is 0 Å². The van der Waals surface area contributed by atoms with Crippen molar-refractivity contribution in [3.8, 4) is 5.75 Å². The van der Waals surface area contributed by atoms with Crippen LogP contribution >= 0.6 is 0 Å². The largest absolute Gasteiger partial charge is 0.508 e. The highest BCUT2D eigenvalue weighted by Crippen LogP contribution is 2.25. The van der Waals surface area contributed by atoms with Gasteiger partial charge in [0.15, 0.2) is 0 Å². The fourth-order valence-corrected chi connectivity index (χ4v) is 2.25. The lowest BCUT2D eigenvalue weighted by Crippen LogP contribution is -2.34. The van der Waals surface area contributed by atoms with Crippen LogP contribution in [0.5, 0.6) is 5.75 Å². The fourth-order valence-electron chi connectivity index (χ4n) is 2.25. The summed E-state index contributed by atoms with van der Waals surface area (Å²) in [4.78, 5) is 2.13. The lowest BCUT2D eigenvalue weighted by atomic mass is 9.94. The first-order valence-electron chi connectivity index (χ1n) is 5.26. The maximum atomic E-state index is 10.3. The predicted octanol–water partition coefficient (Wildman–Crippen LogP) is 1.00. The van der Waals surface area contributed by atoms with Gasteiger partial charge in [-0.25, -0.2) is 0 Å². The first-order valence-corrected chi connectivity index (χ1v) is 5.26. The molecule has 2 N–H and O–H groups in total. The summed E-state index contributed by atoms with van der Waals surface area (Å²) in [5.74, 6) is 0.266. The number of rotatable bonds is 2. The Hall–Kier alpha value is -1.06. The Morgan fingerprint density at radius 3 is 2.87 bits per heavy atom. The van der Waals surface area contributed by atoms with Crippen molar-refractivity contribution < 1.29 is 10.2 Å². The minimum absolute atomic E-state index is 0.266. The molecular weight excluding hydrogens is 190 g/mol. The van der Waals surface area contributed by atoms with Crippen molar-refractivity contribution in [3.63, 3.8) is 0 Å². The Bertz CT molecular complexity index is 353. The van der Waals surface area contributed by atoms with Gasteiger partial charge in [-0.15, -0.1) is 0 Å². The topological polar surface area (TPSA) is 43.7 Å². The van der Waals surface area contributed by atoms with Gasteiger partial charge in [-0.3, -0.25) is 0 Å². The molecule has 0 amide bonds. The molecule has 1 aliphatic rings. The van der Waals surface area contributed by atoms with Gasteiger partial charge in [0.05, 0.1) is 5.60 Å². The minimum Gasteiger partial charge on any atom is -0.508 e. The molecule has 0 bridgehead atoms. The molecule has 1 heterocycles. The van der Waals surface area contributed by atoms with Gasteiger partial charge in [-0.05, 0) is 31.2 Å². The SMILES string of the molecule is CN1CCC(O)(Cc2cccc(O)c2)C1. The Kier molecular flexibility index (Phi) is 2.67. The molecule has 0 radical (unpaired) electrons. The molecule has 0 aliphatic carbocycles. The third-order valence-corrected chi connectivity index (χ3v) is 2.97. The van der Waals surface area contributed by atoms with Crippen molar-refractivity contribution in [1.29, 1.82) is 0 Å². The van der Waals surface area contributed by atoms with Crippen LogP contribution in [-0.4, -0.2) is 40.9 Å². The number of phenolic OH excluding ortho intramolecular Hbond substituents is 1. The number of β-amino-alcohol motifs (C(OH)–C–C–N with tert-alkyl or cyclic N) is 1. The average Bonchev–Trinajstić information content (AvgIpc) is 2.45. The van der Waals surface area contributed by atoms with Crippen LogP contribution in [0.3, 0.4) is 0 Å². The second-order valence-electron chi connectivity index (χ2n) is 4.56. The Labute approximate surface area is 90.0 Å². The molecule has 82 valence electrons. The molecule has 1 aromatic carbocycles. The molecule has 0 saturated carbocycles. The zero-order valence-corrected chi connectivity index (χ0v) is 8.98. The quantitative estimate of drug-likeness (QED) is 0.760. The molecule has 0 spiro atoms. The van der Waals surface area contributed by atoms with E-state index in [2.05, 4.69) is 4.90 Å². The molecule has 1 unspecified atom stereocenters. The molecule has 0 aromatic heterocycles. The summed E-state index contributed by atoms with van der Waals surface area (Å²) in [5.41, 5.74) is 0.371. The number of aromatic hydroxyl groups is 1. The van der Waals surface area contributed by atoms with Gasteiger partial charge in [0, 0.05) is 19.5 Å². The number of hydrogen-bond acceptors (Lipinski definition) is 3. The van der Waals surface area contributed by atoms with Crippen LogP contribution in [0.1, 0.15) is 12.0 Å². The van der Waals surface area contributed by atoms with Gasteiger partial charge in [-0.1, -0.05) is 12.1 Å². The highest BCUT2D eigenvalue weighted by atomic mass is 16.3. The van der Waals surface area contributed by atoms with Crippen molar-refractivity contribution in [3.05, 3.63) is 29.8 Å². The van der Waals surface area contributed by atoms with E-state index in [4.69, 9.17) is 0 Å². The molecule has 1 saturated heterocycles. The normalized spacial score (nSPS) is 27.1. The second kappa shape index (κ2) is 3.83. The van der Waals surface area contributed by atoms with E-state index in [9.17, 15) is 10.2 Å². The van der Waals surface area contributed by atoms with E-state index in [0.717, 1.165) is 18.5 Å². The van der Waals surface area contributed by atoms with E-state index in [1.165, 1.54) is 0 Å². The second-order valence-corrected chi connectivity index (χ2v) is 4.56. The summed E-state index contributed by atoms with van der Waals surface area (Å²) in [6.07, 6.45) is 1.42. The van der Waals surface area contributed by atoms with Crippen molar-refractivity contribution in [2.24, 2.45) is 0 Å². The molecule has 3 nitrogen and oxygen atoms in total. The number of nitrogens with zero attached hydrogens (tertiary/aromatic N) is 1. The van der Waals surface area contributed by atoms with Crippen molar-refractivity contribution in [1.82, 2.24) is 4.90 Å². The molecule has 1 aromatic rings. The smallest absolute Gasteiger partial charge is 0.115 e. The molecule has 3 heteroatoms. The monoisotopic (exact) mass is 207 g/mol. The standard InChI is InChI=1S/C12H17NO2/c1-13-6-5-12(15,9-13)8-10-3-2-4-11(14)7-10/h2-4,7,14-15H,5-6,8-9H2,1H3. The molecule has 2 rings (SSSR count). The zero-order valence-electron chi connectivity index (χ0n) is 8.98. The first-order chi connectivity index (χ1) is 7.07. The first kappa shape index (κ1) is 10.5. The van der Waals surface area contributed by atoms with Crippen molar-refractivity contribution >= 4 is 0 Å². The van der Waals surface area contributed by atoms with E-state index in [1.54, 1.807) is 12.1 Å². The van der Waals surface area contributed by atoms with Crippen LogP contribution in [0.2, 0.25) is 0 Å². The van der Waals surface area contributed by atoms with Gasteiger partial charge in [0.1, 0.15) is 5.75 Å². The highest BCUT2D eigenvalue weighted by Gasteiger charge is 2.34. The number of aliphatic hydroxyl groups is 1. The van der Waals surface area contributed by atoms with Gasteiger partial charge in [-0.2, -0.15) is 0 Å². The van der Waals surface area contributed by atoms with Crippen LogP contribution in [0.25, 0.3) is 0 Å². The maximum absolute atomic E-state index is 10.3. The van der Waals surface area contributed by atoms with Gasteiger partial charge >= 0.3 is 0 Å². The van der Waals surface area contributed by atoms with Crippen molar-refractivity contribution in [2.75, 3.05) is 20.1 Å². The summed E-state index contributed by atoms with van der Waals surface area (Å²) in [5, 5.41) is 19.6. The lowest BCUT2D eigenvalue weighted by molar-refractivity contribution is 0.0523. The summed E-state index contributed by atoms with van der Waals surface area (Å²) in [6.45, 7) is 1.65. The van der Waals surface area contributed by atoms with Gasteiger partial charge in [0.2, 0.25) is 0 Å². The van der Waals surface area contributed by atoms with E-state index < -0.39 is 5.60 Å². The number of likely N-dealkylation sites (tertiary alicyclic amines) is 1. The van der Waals surface area contributed by atoms with Crippen LogP contribution in [0, 0.1) is 0 Å². The summed E-state index contributed by atoms with van der Waals surface area (Å²) >= 11 is 0. The highest BCUT2D eigenvalue weighted by molar-refractivity contribution is 5.28. The van der Waals surface area contributed by atoms with Gasteiger partial charge in [0.25, 0.3) is 0 Å². The third kappa shape index (κ3) is 2.49. The van der Waals surface area contributed by atoms with Crippen LogP contribution in [0.15, 0.2) is 24.3 Å². The molecule has 1 aliphatic heterocycles. The van der Waals surface area contributed by atoms with E-state index in [-0.39, 0.29) is 5.75 Å². The Balaban J connectivity index is 2.08. The van der Waals surface area contributed by atoms with Crippen molar-refractivity contribution in [2.45, 2.75) is 18.4 Å². The summed E-state index contributed by atoms with van der Waals surface area (Å²) < 4.78 is 0. The summed E-state index contributed by atoms with van der Waals surface area (Å²) in [7, 11) is 2.01. The Morgan fingerprint density at radius 1 is 1.47 bits per heavy atom. The fraction of sp³-hybridized carbons (Fsp3) is 0.500. The summed E-state index contributed by atoms with van der Waals surface area (Å²) in [6, 6.07) is 7.12.